The van der Waals surface area contributed by atoms with Crippen LogP contribution in [0.15, 0.2) is 29.1 Å². The van der Waals surface area contributed by atoms with Crippen molar-refractivity contribution in [2.24, 2.45) is 0 Å². The lowest BCUT2D eigenvalue weighted by Gasteiger charge is -2.32. The first-order chi connectivity index (χ1) is 11.3. The van der Waals surface area contributed by atoms with E-state index in [0.717, 1.165) is 31.4 Å². The highest BCUT2D eigenvalue weighted by Crippen LogP contribution is 2.38. The molecule has 2 heterocycles. The lowest BCUT2D eigenvalue weighted by Crippen LogP contribution is -2.35. The molecule has 2 unspecified atom stereocenters. The second-order valence-corrected chi connectivity index (χ2v) is 6.38. The topological polar surface area (TPSA) is 36.1 Å². The van der Waals surface area contributed by atoms with Gasteiger partial charge in [0.2, 0.25) is 5.56 Å². The number of fused-ring (bicyclic) bond motifs is 1. The van der Waals surface area contributed by atoms with Gasteiger partial charge in [-0.1, -0.05) is 13.8 Å². The summed E-state index contributed by atoms with van der Waals surface area (Å²) in [6.45, 7) is 4.21. The zero-order valence-corrected chi connectivity index (χ0v) is 13.8. The van der Waals surface area contributed by atoms with Gasteiger partial charge in [0.05, 0.1) is 5.56 Å². The van der Waals surface area contributed by atoms with Crippen LogP contribution in [0.25, 0.3) is 10.9 Å². The number of hydrogen-bond donors (Lipinski definition) is 1. The Kier molecular flexibility index (Phi) is 4.32. The third-order valence-electron chi connectivity index (χ3n) is 4.99. The molecule has 0 amide bonds. The third-order valence-corrected chi connectivity index (χ3v) is 4.99. The largest absolute Gasteiger partial charge is 0.417 e. The van der Waals surface area contributed by atoms with Crippen molar-refractivity contribution in [1.82, 2.24) is 4.98 Å². The van der Waals surface area contributed by atoms with Crippen LogP contribution in [-0.2, 0) is 6.18 Å². The second-order valence-electron chi connectivity index (χ2n) is 6.38. The summed E-state index contributed by atoms with van der Waals surface area (Å²) in [7, 11) is 0. The SMILES string of the molecule is CCC1CCC(CC)N1c1ccc2[nH]c(=O)cc(C(F)(F)F)c2c1. The van der Waals surface area contributed by atoms with Crippen LogP contribution < -0.4 is 10.5 Å². The van der Waals surface area contributed by atoms with Crippen LogP contribution in [0.4, 0.5) is 18.9 Å². The molecule has 2 atom stereocenters. The highest BCUT2D eigenvalue weighted by Gasteiger charge is 2.35. The number of H-pyrrole nitrogens is 1. The van der Waals surface area contributed by atoms with E-state index in [-0.39, 0.29) is 10.9 Å². The molecule has 6 heteroatoms. The monoisotopic (exact) mass is 338 g/mol. The standard InChI is InChI=1S/C18H21F3N2O/c1-3-11-5-6-12(4-2)23(11)13-7-8-16-14(9-13)15(18(19,20)21)10-17(24)22-16/h7-12H,3-6H2,1-2H3,(H,22,24). The van der Waals surface area contributed by atoms with Crippen molar-refractivity contribution >= 4 is 16.6 Å². The van der Waals surface area contributed by atoms with Crippen molar-refractivity contribution in [3.8, 4) is 0 Å². The third kappa shape index (κ3) is 2.89. The lowest BCUT2D eigenvalue weighted by atomic mass is 10.1. The van der Waals surface area contributed by atoms with E-state index in [0.29, 0.717) is 18.2 Å². The number of nitrogens with one attached hydrogen (secondary N) is 1. The maximum atomic E-state index is 13.3. The molecular formula is C18H21F3N2O. The lowest BCUT2D eigenvalue weighted by molar-refractivity contribution is -0.136. The molecule has 24 heavy (non-hydrogen) atoms. The predicted molar refractivity (Wildman–Crippen MR) is 89.4 cm³/mol. The number of anilines is 1. The minimum Gasteiger partial charge on any atom is -0.366 e. The minimum absolute atomic E-state index is 0.0520. The first kappa shape index (κ1) is 16.9. The molecule has 130 valence electrons. The summed E-state index contributed by atoms with van der Waals surface area (Å²) in [6, 6.07) is 6.32. The molecule has 2 aromatic rings. The Bertz CT molecular complexity index is 785. The fourth-order valence-corrected chi connectivity index (χ4v) is 3.82. The van der Waals surface area contributed by atoms with E-state index in [9.17, 15) is 18.0 Å². The molecule has 3 rings (SSSR count). The van der Waals surface area contributed by atoms with E-state index < -0.39 is 17.3 Å². The fraction of sp³-hybridized carbons (Fsp3) is 0.500. The van der Waals surface area contributed by atoms with Crippen LogP contribution in [0.3, 0.4) is 0 Å². The van der Waals surface area contributed by atoms with Gasteiger partial charge in [-0.2, -0.15) is 13.2 Å². The normalized spacial score (nSPS) is 21.6. The fourth-order valence-electron chi connectivity index (χ4n) is 3.82. The van der Waals surface area contributed by atoms with Crippen molar-refractivity contribution in [2.45, 2.75) is 57.8 Å². The Balaban J connectivity index is 2.17. The molecule has 1 saturated heterocycles. The molecule has 1 aromatic heterocycles. The Morgan fingerprint density at radius 1 is 1.12 bits per heavy atom. The molecule has 1 aromatic carbocycles. The van der Waals surface area contributed by atoms with Crippen LogP contribution in [-0.4, -0.2) is 17.1 Å². The number of pyridine rings is 1. The maximum absolute atomic E-state index is 13.3. The first-order valence-electron chi connectivity index (χ1n) is 8.37. The van der Waals surface area contributed by atoms with Crippen molar-refractivity contribution in [1.29, 1.82) is 0 Å². The van der Waals surface area contributed by atoms with E-state index in [1.54, 1.807) is 12.1 Å². The Labute approximate surface area is 138 Å². The van der Waals surface area contributed by atoms with Gasteiger partial charge in [0.15, 0.2) is 0 Å². The minimum atomic E-state index is -4.55. The van der Waals surface area contributed by atoms with Crippen LogP contribution in [0, 0.1) is 0 Å². The van der Waals surface area contributed by atoms with E-state index in [1.807, 2.05) is 6.07 Å². The smallest absolute Gasteiger partial charge is 0.366 e. The molecule has 0 spiro atoms. The highest BCUT2D eigenvalue weighted by atomic mass is 19.4. The molecule has 0 saturated carbocycles. The van der Waals surface area contributed by atoms with E-state index in [1.165, 1.54) is 0 Å². The summed E-state index contributed by atoms with van der Waals surface area (Å²) in [4.78, 5) is 16.3. The molecule has 1 fully saturated rings. The van der Waals surface area contributed by atoms with E-state index >= 15 is 0 Å². The van der Waals surface area contributed by atoms with Crippen LogP contribution in [0.2, 0.25) is 0 Å². The van der Waals surface area contributed by atoms with Gasteiger partial charge in [0.25, 0.3) is 0 Å². The average Bonchev–Trinajstić information content (AvgIpc) is 2.95. The van der Waals surface area contributed by atoms with Crippen molar-refractivity contribution in [3.05, 3.63) is 40.2 Å². The highest BCUT2D eigenvalue weighted by molar-refractivity contribution is 5.86. The molecule has 1 aliphatic rings. The average molecular weight is 338 g/mol. The summed E-state index contributed by atoms with van der Waals surface area (Å²) in [6.07, 6.45) is -0.501. The Morgan fingerprint density at radius 3 is 2.29 bits per heavy atom. The van der Waals surface area contributed by atoms with Gasteiger partial charge < -0.3 is 9.88 Å². The van der Waals surface area contributed by atoms with Crippen LogP contribution >= 0.6 is 0 Å². The number of hydrogen-bond acceptors (Lipinski definition) is 2. The molecule has 1 aliphatic heterocycles. The predicted octanol–water partition coefficient (Wildman–Crippen LogP) is 4.70. The number of nitrogens with zero attached hydrogens (tertiary/aromatic N) is 1. The summed E-state index contributed by atoms with van der Waals surface area (Å²) in [5, 5.41) is 0.0520. The number of rotatable bonds is 3. The van der Waals surface area contributed by atoms with Crippen molar-refractivity contribution in [2.75, 3.05) is 4.90 Å². The zero-order chi connectivity index (χ0) is 17.5. The molecule has 0 aliphatic carbocycles. The van der Waals surface area contributed by atoms with Gasteiger partial charge in [-0.3, -0.25) is 4.79 Å². The van der Waals surface area contributed by atoms with Crippen LogP contribution in [0.1, 0.15) is 45.1 Å². The van der Waals surface area contributed by atoms with Gasteiger partial charge in [-0.05, 0) is 43.9 Å². The number of benzene rings is 1. The summed E-state index contributed by atoms with van der Waals surface area (Å²) >= 11 is 0. The summed E-state index contributed by atoms with van der Waals surface area (Å²) in [5.74, 6) is 0. The van der Waals surface area contributed by atoms with E-state index in [4.69, 9.17) is 0 Å². The number of aromatic amines is 1. The summed E-state index contributed by atoms with van der Waals surface area (Å²) in [5.41, 5.74) is -0.583. The van der Waals surface area contributed by atoms with Gasteiger partial charge >= 0.3 is 6.18 Å². The summed E-state index contributed by atoms with van der Waals surface area (Å²) < 4.78 is 40.0. The second kappa shape index (κ2) is 6.15. The number of halogens is 3. The van der Waals surface area contributed by atoms with Gasteiger partial charge in [-0.15, -0.1) is 0 Å². The van der Waals surface area contributed by atoms with Gasteiger partial charge in [0.1, 0.15) is 0 Å². The molecule has 3 nitrogen and oxygen atoms in total. The van der Waals surface area contributed by atoms with Crippen molar-refractivity contribution in [3.63, 3.8) is 0 Å². The maximum Gasteiger partial charge on any atom is 0.417 e. The Hall–Kier alpha value is -1.98. The quantitative estimate of drug-likeness (QED) is 0.880. The molecule has 0 radical (unpaired) electrons. The number of aromatic nitrogens is 1. The Morgan fingerprint density at radius 2 is 1.75 bits per heavy atom. The first-order valence-corrected chi connectivity index (χ1v) is 8.37. The number of alkyl halides is 3. The van der Waals surface area contributed by atoms with Gasteiger partial charge in [0, 0.05) is 34.7 Å². The molecular weight excluding hydrogens is 317 g/mol. The van der Waals surface area contributed by atoms with Crippen molar-refractivity contribution < 1.29 is 13.2 Å². The molecule has 1 N–H and O–H groups in total. The van der Waals surface area contributed by atoms with E-state index in [2.05, 4.69) is 23.7 Å². The zero-order valence-electron chi connectivity index (χ0n) is 13.8. The molecule has 0 bridgehead atoms. The van der Waals surface area contributed by atoms with Gasteiger partial charge in [-0.25, -0.2) is 0 Å². The van der Waals surface area contributed by atoms with Crippen LogP contribution in [0.5, 0.6) is 0 Å².